The Morgan fingerprint density at radius 1 is 1.12 bits per heavy atom. The monoisotopic (exact) mass is 334 g/mol. The maximum absolute atomic E-state index is 6.16. The Kier molecular flexibility index (Phi) is 4.73. The summed E-state index contributed by atoms with van der Waals surface area (Å²) in [4.78, 5) is 4.36. The van der Waals surface area contributed by atoms with Gasteiger partial charge in [-0.05, 0) is 35.9 Å². The first kappa shape index (κ1) is 16.4. The van der Waals surface area contributed by atoms with E-state index in [0.29, 0.717) is 5.82 Å². The molecule has 3 rings (SSSR count). The van der Waals surface area contributed by atoms with E-state index < -0.39 is 0 Å². The van der Waals surface area contributed by atoms with Crippen LogP contribution in [0.4, 0.5) is 11.5 Å². The molecule has 2 aromatic heterocycles. The number of rotatable bonds is 3. The van der Waals surface area contributed by atoms with Crippen LogP contribution in [0.2, 0.25) is 0 Å². The number of nitrogens with zero attached hydrogens (tertiary/aromatic N) is 1. The molecule has 24 heavy (non-hydrogen) atoms. The lowest BCUT2D eigenvalue weighted by molar-refractivity contribution is 0.888. The van der Waals surface area contributed by atoms with E-state index in [1.807, 2.05) is 24.3 Å². The minimum Gasteiger partial charge on any atom is -0.399 e. The molecule has 4 heteroatoms. The van der Waals surface area contributed by atoms with Gasteiger partial charge in [0.25, 0.3) is 0 Å². The Morgan fingerprint density at radius 2 is 1.83 bits per heavy atom. The van der Waals surface area contributed by atoms with Crippen molar-refractivity contribution < 1.29 is 0 Å². The number of nitrogen functional groups attached to an aromatic ring is 2. The predicted molar refractivity (Wildman–Crippen MR) is 105 cm³/mol. The third-order valence-electron chi connectivity index (χ3n) is 4.07. The van der Waals surface area contributed by atoms with Crippen molar-refractivity contribution in [1.82, 2.24) is 4.98 Å². The third-order valence-corrected chi connectivity index (χ3v) is 5.09. The van der Waals surface area contributed by atoms with Crippen LogP contribution in [-0.4, -0.2) is 4.98 Å². The predicted octanol–water partition coefficient (Wildman–Crippen LogP) is 4.87. The van der Waals surface area contributed by atoms with Gasteiger partial charge >= 0.3 is 0 Å². The van der Waals surface area contributed by atoms with E-state index in [1.165, 1.54) is 5.92 Å². The average molecular weight is 334 g/mol. The minimum absolute atomic E-state index is 0.541. The topological polar surface area (TPSA) is 64.9 Å². The van der Waals surface area contributed by atoms with Gasteiger partial charge in [-0.15, -0.1) is 11.3 Å². The first-order valence-electron chi connectivity index (χ1n) is 8.02. The molecule has 4 N–H and O–H groups in total. The molecule has 0 bridgehead atoms. The Hall–Kier alpha value is -2.51. The van der Waals surface area contributed by atoms with Crippen molar-refractivity contribution in [2.24, 2.45) is 0 Å². The Labute approximate surface area is 146 Å². The fourth-order valence-corrected chi connectivity index (χ4v) is 3.67. The number of hydrogen-bond acceptors (Lipinski definition) is 4. The van der Waals surface area contributed by atoms with Gasteiger partial charge in [0.1, 0.15) is 5.82 Å². The van der Waals surface area contributed by atoms with Gasteiger partial charge in [-0.25, -0.2) is 4.98 Å². The molecule has 3 aromatic rings. The number of fused-ring (bicyclic) bond motifs is 1. The summed E-state index contributed by atoms with van der Waals surface area (Å²) in [6.07, 6.45) is 3.74. The number of benzene rings is 1. The van der Waals surface area contributed by atoms with E-state index in [-0.39, 0.29) is 0 Å². The van der Waals surface area contributed by atoms with E-state index in [9.17, 15) is 0 Å². The largest absolute Gasteiger partial charge is 0.399 e. The fraction of sp³-hybridized carbons (Fsp3) is 0.200. The highest BCUT2D eigenvalue weighted by Crippen LogP contribution is 2.38. The van der Waals surface area contributed by atoms with Crippen molar-refractivity contribution in [3.05, 3.63) is 47.3 Å². The van der Waals surface area contributed by atoms with Crippen LogP contribution in [-0.2, 0) is 0 Å². The zero-order valence-corrected chi connectivity index (χ0v) is 14.7. The molecule has 0 fully saturated rings. The van der Waals surface area contributed by atoms with Gasteiger partial charge in [-0.3, -0.25) is 0 Å². The zero-order valence-electron chi connectivity index (χ0n) is 13.9. The van der Waals surface area contributed by atoms with Gasteiger partial charge in [-0.1, -0.05) is 37.8 Å². The molecule has 0 aliphatic heterocycles. The quantitative estimate of drug-likeness (QED) is 0.530. The molecule has 0 saturated carbocycles. The number of anilines is 2. The van der Waals surface area contributed by atoms with Crippen LogP contribution >= 0.6 is 11.3 Å². The summed E-state index contributed by atoms with van der Waals surface area (Å²) in [5, 5.41) is 3.09. The summed E-state index contributed by atoms with van der Waals surface area (Å²) in [5.41, 5.74) is 15.8. The normalized spacial score (nSPS) is 10.8. The summed E-state index contributed by atoms with van der Waals surface area (Å²) in [7, 11) is 0. The van der Waals surface area contributed by atoms with E-state index in [1.54, 1.807) is 17.5 Å². The molecule has 0 aliphatic carbocycles. The van der Waals surface area contributed by atoms with Crippen LogP contribution in [0.3, 0.4) is 0 Å². The smallest absolute Gasteiger partial charge is 0.132 e. The Balaban J connectivity index is 2.12. The van der Waals surface area contributed by atoms with Crippen LogP contribution in [0.5, 0.6) is 0 Å². The summed E-state index contributed by atoms with van der Waals surface area (Å²) >= 11 is 1.66. The number of hydrogen-bond donors (Lipinski definition) is 2. The van der Waals surface area contributed by atoms with Gasteiger partial charge in [0, 0.05) is 28.8 Å². The van der Waals surface area contributed by atoms with Crippen molar-refractivity contribution in [3.8, 4) is 23.0 Å². The molecule has 2 heterocycles. The van der Waals surface area contributed by atoms with Crippen molar-refractivity contribution in [2.45, 2.75) is 26.7 Å². The number of aromatic nitrogens is 1. The first-order chi connectivity index (χ1) is 11.6. The molecule has 121 valence electrons. The first-order valence-corrected chi connectivity index (χ1v) is 8.90. The molecule has 1 radical (unpaired) electrons. The molecule has 1 aromatic carbocycles. The fourth-order valence-electron chi connectivity index (χ4n) is 2.61. The zero-order chi connectivity index (χ0) is 17.1. The van der Waals surface area contributed by atoms with E-state index in [4.69, 9.17) is 11.5 Å². The van der Waals surface area contributed by atoms with Crippen molar-refractivity contribution in [3.63, 3.8) is 0 Å². The molecule has 0 aliphatic rings. The van der Waals surface area contributed by atoms with Gasteiger partial charge in [0.2, 0.25) is 0 Å². The van der Waals surface area contributed by atoms with Gasteiger partial charge in [-0.2, -0.15) is 0 Å². The molecule has 0 amide bonds. The van der Waals surface area contributed by atoms with Crippen molar-refractivity contribution in [1.29, 1.82) is 0 Å². The second-order valence-electron chi connectivity index (χ2n) is 5.59. The number of nitrogens with two attached hydrogens (primary N) is 2. The van der Waals surface area contributed by atoms with Crippen LogP contribution < -0.4 is 11.5 Å². The SMILES string of the molecule is CC[C](C#Cc1cnc(N)c2c(-c3ccc(N)cc3)csc12)CC. The van der Waals surface area contributed by atoms with Crippen molar-refractivity contribution >= 4 is 32.9 Å². The van der Waals surface area contributed by atoms with Gasteiger partial charge < -0.3 is 11.5 Å². The lowest BCUT2D eigenvalue weighted by Gasteiger charge is -2.04. The summed E-state index contributed by atoms with van der Waals surface area (Å²) in [6, 6.07) is 7.81. The molecular formula is C20H20N3S. The third kappa shape index (κ3) is 3.08. The molecular weight excluding hydrogens is 314 g/mol. The highest BCUT2D eigenvalue weighted by Gasteiger charge is 2.13. The van der Waals surface area contributed by atoms with E-state index >= 15 is 0 Å². The minimum atomic E-state index is 0.541. The molecule has 0 spiro atoms. The number of pyridine rings is 1. The van der Waals surface area contributed by atoms with Crippen LogP contribution in [0.1, 0.15) is 32.3 Å². The van der Waals surface area contributed by atoms with Crippen LogP contribution in [0.25, 0.3) is 21.2 Å². The number of thiophene rings is 1. The summed E-state index contributed by atoms with van der Waals surface area (Å²) in [6.45, 7) is 4.27. The highest BCUT2D eigenvalue weighted by atomic mass is 32.1. The second-order valence-corrected chi connectivity index (χ2v) is 6.47. The summed E-state index contributed by atoms with van der Waals surface area (Å²) in [5.74, 6) is 8.34. The second kappa shape index (κ2) is 6.94. The van der Waals surface area contributed by atoms with Gasteiger partial charge in [0.05, 0.1) is 10.3 Å². The molecule has 3 nitrogen and oxygen atoms in total. The Morgan fingerprint density at radius 3 is 2.50 bits per heavy atom. The van der Waals surface area contributed by atoms with Crippen LogP contribution in [0, 0.1) is 17.8 Å². The Bertz CT molecular complexity index is 910. The van der Waals surface area contributed by atoms with Crippen LogP contribution in [0.15, 0.2) is 35.8 Å². The maximum atomic E-state index is 6.16. The van der Waals surface area contributed by atoms with E-state index in [0.717, 1.165) is 45.3 Å². The average Bonchev–Trinajstić information content (AvgIpc) is 3.04. The maximum Gasteiger partial charge on any atom is 0.132 e. The standard InChI is InChI=1S/C20H20N3S/c1-3-13(4-2)5-6-15-11-23-20(22)18-17(12-24-19(15)18)14-7-9-16(21)10-8-14/h7-12H,3-4,21H2,1-2H3,(H2,22,23). The highest BCUT2D eigenvalue weighted by molar-refractivity contribution is 7.18. The van der Waals surface area contributed by atoms with E-state index in [2.05, 4.69) is 36.1 Å². The molecule has 0 saturated heterocycles. The van der Waals surface area contributed by atoms with Gasteiger partial charge in [0.15, 0.2) is 0 Å². The lowest BCUT2D eigenvalue weighted by atomic mass is 10.0. The molecule has 0 atom stereocenters. The molecule has 0 unspecified atom stereocenters. The summed E-state index contributed by atoms with van der Waals surface area (Å²) < 4.78 is 1.09. The van der Waals surface area contributed by atoms with Crippen molar-refractivity contribution in [2.75, 3.05) is 11.5 Å². The lowest BCUT2D eigenvalue weighted by Crippen LogP contribution is -1.93.